The lowest BCUT2D eigenvalue weighted by Crippen LogP contribution is -2.51. The predicted molar refractivity (Wildman–Crippen MR) is 73.9 cm³/mol. The molecule has 1 saturated heterocycles. The molecule has 1 fully saturated rings. The second kappa shape index (κ2) is 6.05. The summed E-state index contributed by atoms with van der Waals surface area (Å²) in [6, 6.07) is 6.21. The number of hydrogen-bond acceptors (Lipinski definition) is 3. The number of aromatic carboxylic acids is 1. The summed E-state index contributed by atoms with van der Waals surface area (Å²) in [5, 5.41) is 9.00. The molecule has 0 aromatic heterocycles. The van der Waals surface area contributed by atoms with Crippen molar-refractivity contribution >= 4 is 11.9 Å². The van der Waals surface area contributed by atoms with Gasteiger partial charge in [0.15, 0.2) is 0 Å². The summed E-state index contributed by atoms with van der Waals surface area (Å²) >= 11 is 0. The molecule has 0 radical (unpaired) electrons. The molecule has 0 spiro atoms. The van der Waals surface area contributed by atoms with Gasteiger partial charge in [0.2, 0.25) is 0 Å². The van der Waals surface area contributed by atoms with Crippen molar-refractivity contribution in [3.05, 3.63) is 35.4 Å². The second-order valence-corrected chi connectivity index (χ2v) is 5.05. The number of carbonyl (C=O) groups is 2. The molecule has 1 aromatic rings. The number of carboxylic acid groups (broad SMARTS) is 1. The van der Waals surface area contributed by atoms with E-state index in [0.717, 1.165) is 6.42 Å². The van der Waals surface area contributed by atoms with Crippen molar-refractivity contribution < 1.29 is 19.4 Å². The highest BCUT2D eigenvalue weighted by molar-refractivity contribution is 5.97. The summed E-state index contributed by atoms with van der Waals surface area (Å²) in [7, 11) is 0. The molecule has 2 atom stereocenters. The third kappa shape index (κ3) is 2.99. The van der Waals surface area contributed by atoms with Crippen LogP contribution in [-0.4, -0.2) is 47.2 Å². The van der Waals surface area contributed by atoms with Crippen LogP contribution in [0.4, 0.5) is 0 Å². The Morgan fingerprint density at radius 2 is 2.10 bits per heavy atom. The van der Waals surface area contributed by atoms with E-state index in [1.54, 1.807) is 17.0 Å². The number of hydrogen-bond donors (Lipinski definition) is 1. The number of carbonyl (C=O) groups excluding carboxylic acids is 1. The number of nitrogens with zero attached hydrogens (tertiary/aromatic N) is 1. The fourth-order valence-corrected chi connectivity index (χ4v) is 2.38. The van der Waals surface area contributed by atoms with Gasteiger partial charge in [0.25, 0.3) is 5.91 Å². The van der Waals surface area contributed by atoms with Gasteiger partial charge in [0.1, 0.15) is 0 Å². The second-order valence-electron chi connectivity index (χ2n) is 5.05. The van der Waals surface area contributed by atoms with Crippen LogP contribution in [0, 0.1) is 0 Å². The number of amides is 1. The third-order valence-corrected chi connectivity index (χ3v) is 3.56. The molecule has 2 rings (SSSR count). The van der Waals surface area contributed by atoms with Crippen molar-refractivity contribution in [2.45, 2.75) is 32.4 Å². The van der Waals surface area contributed by atoms with Crippen molar-refractivity contribution in [2.24, 2.45) is 0 Å². The monoisotopic (exact) mass is 277 g/mol. The minimum atomic E-state index is -1.03. The van der Waals surface area contributed by atoms with E-state index < -0.39 is 5.97 Å². The minimum absolute atomic E-state index is 0.00408. The number of carboxylic acids is 1. The van der Waals surface area contributed by atoms with E-state index in [-0.39, 0.29) is 23.6 Å². The van der Waals surface area contributed by atoms with Gasteiger partial charge >= 0.3 is 5.97 Å². The molecule has 1 amide bonds. The molecule has 1 N–H and O–H groups in total. The summed E-state index contributed by atoms with van der Waals surface area (Å²) in [5.41, 5.74) is 0.544. The van der Waals surface area contributed by atoms with Crippen LogP contribution in [0.15, 0.2) is 24.3 Å². The highest BCUT2D eigenvalue weighted by Gasteiger charge is 2.30. The smallest absolute Gasteiger partial charge is 0.335 e. The average Bonchev–Trinajstić information content (AvgIpc) is 2.46. The van der Waals surface area contributed by atoms with Crippen LogP contribution in [0.25, 0.3) is 0 Å². The van der Waals surface area contributed by atoms with Gasteiger partial charge in [-0.2, -0.15) is 0 Å². The molecule has 1 aliphatic rings. The van der Waals surface area contributed by atoms with E-state index in [2.05, 4.69) is 0 Å². The Morgan fingerprint density at radius 1 is 1.40 bits per heavy atom. The van der Waals surface area contributed by atoms with Gasteiger partial charge in [-0.1, -0.05) is 13.0 Å². The maximum Gasteiger partial charge on any atom is 0.335 e. The van der Waals surface area contributed by atoms with Crippen molar-refractivity contribution in [2.75, 3.05) is 13.2 Å². The first-order valence-corrected chi connectivity index (χ1v) is 6.78. The molecule has 0 aliphatic carbocycles. The van der Waals surface area contributed by atoms with Crippen molar-refractivity contribution in [3.8, 4) is 0 Å². The Kier molecular flexibility index (Phi) is 4.39. The summed E-state index contributed by atoms with van der Waals surface area (Å²) in [6.07, 6.45) is 0.821. The predicted octanol–water partition coefficient (Wildman–Crippen LogP) is 2.02. The first kappa shape index (κ1) is 14.5. The van der Waals surface area contributed by atoms with Crippen LogP contribution in [0.3, 0.4) is 0 Å². The number of benzene rings is 1. The Hall–Kier alpha value is -1.88. The lowest BCUT2D eigenvalue weighted by molar-refractivity contribution is -0.0444. The zero-order valence-electron chi connectivity index (χ0n) is 11.7. The lowest BCUT2D eigenvalue weighted by Gasteiger charge is -2.38. The highest BCUT2D eigenvalue weighted by atomic mass is 16.5. The Balaban J connectivity index is 2.24. The normalized spacial score (nSPS) is 22.6. The van der Waals surface area contributed by atoms with E-state index in [1.807, 2.05) is 13.8 Å². The number of ether oxygens (including phenoxy) is 1. The van der Waals surface area contributed by atoms with E-state index >= 15 is 0 Å². The Morgan fingerprint density at radius 3 is 2.75 bits per heavy atom. The van der Waals surface area contributed by atoms with E-state index in [9.17, 15) is 9.59 Å². The van der Waals surface area contributed by atoms with Gasteiger partial charge in [0, 0.05) is 12.1 Å². The molecule has 5 nitrogen and oxygen atoms in total. The quantitative estimate of drug-likeness (QED) is 0.918. The average molecular weight is 277 g/mol. The molecule has 2 unspecified atom stereocenters. The zero-order chi connectivity index (χ0) is 14.7. The van der Waals surface area contributed by atoms with Crippen LogP contribution in [0.2, 0.25) is 0 Å². The van der Waals surface area contributed by atoms with Crippen molar-refractivity contribution in [3.63, 3.8) is 0 Å². The van der Waals surface area contributed by atoms with Gasteiger partial charge in [-0.15, -0.1) is 0 Å². The van der Waals surface area contributed by atoms with Gasteiger partial charge in [-0.3, -0.25) is 4.79 Å². The number of morpholine rings is 1. The maximum absolute atomic E-state index is 12.6. The fourth-order valence-electron chi connectivity index (χ4n) is 2.38. The summed E-state index contributed by atoms with van der Waals surface area (Å²) in [6.45, 7) is 5.01. The molecule has 1 aliphatic heterocycles. The standard InChI is InChI=1S/C15H19NO4/c1-3-13-9-20-10(2)8-16(13)14(17)11-5-4-6-12(7-11)15(18)19/h4-7,10,13H,3,8-9H2,1-2H3,(H,18,19). The number of rotatable bonds is 3. The Bertz CT molecular complexity index is 514. The molecule has 1 aromatic carbocycles. The summed E-state index contributed by atoms with van der Waals surface area (Å²) in [5.74, 6) is -1.16. The maximum atomic E-state index is 12.6. The minimum Gasteiger partial charge on any atom is -0.478 e. The molecule has 5 heteroatoms. The molecular weight excluding hydrogens is 258 g/mol. The van der Waals surface area contributed by atoms with Crippen LogP contribution in [-0.2, 0) is 4.74 Å². The molecular formula is C15H19NO4. The van der Waals surface area contributed by atoms with Crippen LogP contribution >= 0.6 is 0 Å². The SMILES string of the molecule is CCC1COC(C)CN1C(=O)c1cccc(C(=O)O)c1. The van der Waals surface area contributed by atoms with Crippen molar-refractivity contribution in [1.29, 1.82) is 0 Å². The largest absolute Gasteiger partial charge is 0.478 e. The summed E-state index contributed by atoms with van der Waals surface area (Å²) in [4.78, 5) is 25.3. The van der Waals surface area contributed by atoms with Gasteiger partial charge in [-0.25, -0.2) is 4.79 Å². The first-order valence-electron chi connectivity index (χ1n) is 6.78. The fraction of sp³-hybridized carbons (Fsp3) is 0.467. The highest BCUT2D eigenvalue weighted by Crippen LogP contribution is 2.18. The van der Waals surface area contributed by atoms with Gasteiger partial charge in [-0.05, 0) is 31.5 Å². The van der Waals surface area contributed by atoms with Crippen LogP contribution in [0.5, 0.6) is 0 Å². The molecule has 108 valence electrons. The zero-order valence-corrected chi connectivity index (χ0v) is 11.7. The van der Waals surface area contributed by atoms with Crippen LogP contribution < -0.4 is 0 Å². The third-order valence-electron chi connectivity index (χ3n) is 3.56. The molecule has 20 heavy (non-hydrogen) atoms. The molecule has 0 bridgehead atoms. The topological polar surface area (TPSA) is 66.8 Å². The molecule has 0 saturated carbocycles. The van der Waals surface area contributed by atoms with Gasteiger partial charge < -0.3 is 14.7 Å². The van der Waals surface area contributed by atoms with E-state index in [0.29, 0.717) is 18.7 Å². The van der Waals surface area contributed by atoms with Crippen LogP contribution in [0.1, 0.15) is 41.0 Å². The summed E-state index contributed by atoms with van der Waals surface area (Å²) < 4.78 is 5.57. The lowest BCUT2D eigenvalue weighted by atomic mass is 10.1. The Labute approximate surface area is 118 Å². The van der Waals surface area contributed by atoms with Crippen molar-refractivity contribution in [1.82, 2.24) is 4.90 Å². The van der Waals surface area contributed by atoms with E-state index in [4.69, 9.17) is 9.84 Å². The van der Waals surface area contributed by atoms with Gasteiger partial charge in [0.05, 0.1) is 24.3 Å². The first-order chi connectivity index (χ1) is 9.52. The molecule has 1 heterocycles. The van der Waals surface area contributed by atoms with E-state index in [1.165, 1.54) is 12.1 Å².